The molecule has 0 aromatic heterocycles. The molecule has 19 heavy (non-hydrogen) atoms. The minimum atomic E-state index is -0.0674. The molecule has 1 rings (SSSR count). The Morgan fingerprint density at radius 3 is 2.37 bits per heavy atom. The zero-order valence-corrected chi connectivity index (χ0v) is 13.3. The number of rotatable bonds is 9. The molecule has 0 unspecified atom stereocenters. The monoisotopic (exact) mass is 377 g/mol. The van der Waals surface area contributed by atoms with Crippen LogP contribution in [0.1, 0.15) is 23.7 Å². The van der Waals surface area contributed by atoms with Crippen LogP contribution in [0.3, 0.4) is 0 Å². The number of benzene rings is 1. The van der Waals surface area contributed by atoms with Crippen molar-refractivity contribution < 1.29 is 14.3 Å². The number of hydrogen-bond donors (Lipinski definition) is 1. The van der Waals surface area contributed by atoms with Crippen LogP contribution in [0.15, 0.2) is 24.3 Å². The highest BCUT2D eigenvalue weighted by atomic mass is 127. The predicted molar refractivity (Wildman–Crippen MR) is 83.4 cm³/mol. The van der Waals surface area contributed by atoms with E-state index in [0.29, 0.717) is 31.9 Å². The van der Waals surface area contributed by atoms with E-state index < -0.39 is 0 Å². The number of carbonyl (C=O) groups is 1. The van der Waals surface area contributed by atoms with Crippen molar-refractivity contribution in [2.24, 2.45) is 0 Å². The Kier molecular flexibility index (Phi) is 8.77. The Labute approximate surface area is 128 Å². The Morgan fingerprint density at radius 1 is 1.11 bits per heavy atom. The number of amides is 1. The van der Waals surface area contributed by atoms with Gasteiger partial charge in [0, 0.05) is 22.3 Å². The lowest BCUT2D eigenvalue weighted by Gasteiger charge is -2.07. The summed E-state index contributed by atoms with van der Waals surface area (Å²) in [5.41, 5.74) is 0.673. The molecule has 4 nitrogen and oxygen atoms in total. The van der Waals surface area contributed by atoms with Crippen LogP contribution >= 0.6 is 22.6 Å². The molecule has 0 fully saturated rings. The van der Waals surface area contributed by atoms with Crippen molar-refractivity contribution in [2.75, 3.05) is 33.0 Å². The Hall–Kier alpha value is -0.660. The van der Waals surface area contributed by atoms with Crippen LogP contribution in [0.4, 0.5) is 0 Å². The second-order valence-electron chi connectivity index (χ2n) is 3.99. The van der Waals surface area contributed by atoms with E-state index in [-0.39, 0.29) is 5.91 Å². The number of nitrogens with one attached hydrogen (secondary N) is 1. The minimum absolute atomic E-state index is 0.0674. The average molecular weight is 377 g/mol. The second kappa shape index (κ2) is 10.2. The van der Waals surface area contributed by atoms with Gasteiger partial charge in [0.25, 0.3) is 5.91 Å². The average Bonchev–Trinajstić information content (AvgIpc) is 2.42. The topological polar surface area (TPSA) is 47.6 Å². The summed E-state index contributed by atoms with van der Waals surface area (Å²) in [5, 5.41) is 2.81. The van der Waals surface area contributed by atoms with Gasteiger partial charge in [0.05, 0.1) is 19.8 Å². The molecule has 0 atom stereocenters. The molecule has 1 amide bonds. The molecular weight excluding hydrogens is 357 g/mol. The highest BCUT2D eigenvalue weighted by Gasteiger charge is 2.03. The van der Waals surface area contributed by atoms with E-state index in [0.717, 1.165) is 16.6 Å². The van der Waals surface area contributed by atoms with E-state index in [4.69, 9.17) is 9.47 Å². The molecule has 1 N–H and O–H groups in total. The van der Waals surface area contributed by atoms with E-state index in [1.807, 2.05) is 24.3 Å². The number of ether oxygens (including phenoxy) is 2. The van der Waals surface area contributed by atoms with Crippen molar-refractivity contribution in [3.05, 3.63) is 33.4 Å². The van der Waals surface area contributed by atoms with Gasteiger partial charge < -0.3 is 14.8 Å². The fourth-order valence-electron chi connectivity index (χ4n) is 1.41. The molecule has 0 spiro atoms. The summed E-state index contributed by atoms with van der Waals surface area (Å²) in [6.07, 6.45) is 1.02. The normalized spacial score (nSPS) is 10.4. The molecule has 0 aliphatic carbocycles. The van der Waals surface area contributed by atoms with Crippen molar-refractivity contribution in [1.82, 2.24) is 5.32 Å². The Balaban J connectivity index is 2.06. The maximum Gasteiger partial charge on any atom is 0.251 e. The highest BCUT2D eigenvalue weighted by molar-refractivity contribution is 14.1. The largest absolute Gasteiger partial charge is 0.379 e. The minimum Gasteiger partial charge on any atom is -0.379 e. The zero-order chi connectivity index (χ0) is 13.9. The van der Waals surface area contributed by atoms with E-state index in [1.54, 1.807) is 0 Å². The van der Waals surface area contributed by atoms with E-state index in [2.05, 4.69) is 34.8 Å². The van der Waals surface area contributed by atoms with Gasteiger partial charge in [-0.15, -0.1) is 0 Å². The van der Waals surface area contributed by atoms with Gasteiger partial charge in [0.1, 0.15) is 0 Å². The van der Waals surface area contributed by atoms with Crippen LogP contribution in [-0.2, 0) is 9.47 Å². The lowest BCUT2D eigenvalue weighted by Crippen LogP contribution is -2.27. The fraction of sp³-hybridized carbons (Fsp3) is 0.500. The lowest BCUT2D eigenvalue weighted by atomic mass is 10.2. The summed E-state index contributed by atoms with van der Waals surface area (Å²) in [6.45, 7) is 5.04. The molecule has 0 aliphatic rings. The van der Waals surface area contributed by atoms with Crippen LogP contribution in [0.2, 0.25) is 0 Å². The summed E-state index contributed by atoms with van der Waals surface area (Å²) >= 11 is 2.21. The van der Waals surface area contributed by atoms with Crippen molar-refractivity contribution in [3.63, 3.8) is 0 Å². The summed E-state index contributed by atoms with van der Waals surface area (Å²) < 4.78 is 11.7. The van der Waals surface area contributed by atoms with Crippen LogP contribution in [0.25, 0.3) is 0 Å². The quantitative estimate of drug-likeness (QED) is 0.531. The molecule has 0 bridgehead atoms. The van der Waals surface area contributed by atoms with Crippen LogP contribution in [-0.4, -0.2) is 38.9 Å². The molecule has 0 saturated carbocycles. The first-order valence-electron chi connectivity index (χ1n) is 6.43. The van der Waals surface area contributed by atoms with E-state index >= 15 is 0 Å². The fourth-order valence-corrected chi connectivity index (χ4v) is 1.77. The molecule has 0 aliphatic heterocycles. The third kappa shape index (κ3) is 7.49. The lowest BCUT2D eigenvalue weighted by molar-refractivity contribution is 0.0485. The van der Waals surface area contributed by atoms with Crippen LogP contribution < -0.4 is 5.32 Å². The molecule has 0 heterocycles. The van der Waals surface area contributed by atoms with Crippen LogP contribution in [0, 0.1) is 3.57 Å². The smallest absolute Gasteiger partial charge is 0.251 e. The standard InChI is InChI=1S/C14H20INO3/c1-2-8-18-10-11-19-9-7-16-14(17)12-3-5-13(15)6-4-12/h3-6H,2,7-11H2,1H3,(H,16,17). The zero-order valence-electron chi connectivity index (χ0n) is 11.2. The first kappa shape index (κ1) is 16.4. The third-order valence-corrected chi connectivity index (χ3v) is 3.08. The van der Waals surface area contributed by atoms with Gasteiger partial charge in [-0.1, -0.05) is 6.92 Å². The SMILES string of the molecule is CCCOCCOCCNC(=O)c1ccc(I)cc1. The second-order valence-corrected chi connectivity index (χ2v) is 5.23. The summed E-state index contributed by atoms with van der Waals surface area (Å²) in [5.74, 6) is -0.0674. The molecule has 1 aromatic rings. The molecule has 5 heteroatoms. The number of carbonyl (C=O) groups excluding carboxylic acids is 1. The highest BCUT2D eigenvalue weighted by Crippen LogP contribution is 2.06. The molecule has 1 aromatic carbocycles. The molecule has 0 saturated heterocycles. The van der Waals surface area contributed by atoms with Gasteiger partial charge >= 0.3 is 0 Å². The van der Waals surface area contributed by atoms with Gasteiger partial charge in [-0.3, -0.25) is 4.79 Å². The Bertz CT molecular complexity index is 367. The molecular formula is C14H20INO3. The van der Waals surface area contributed by atoms with E-state index in [9.17, 15) is 4.79 Å². The number of halogens is 1. The Morgan fingerprint density at radius 2 is 1.74 bits per heavy atom. The molecule has 0 radical (unpaired) electrons. The first-order chi connectivity index (χ1) is 9.24. The third-order valence-electron chi connectivity index (χ3n) is 2.36. The van der Waals surface area contributed by atoms with Crippen molar-refractivity contribution >= 4 is 28.5 Å². The van der Waals surface area contributed by atoms with Gasteiger partial charge in [-0.05, 0) is 53.3 Å². The van der Waals surface area contributed by atoms with Gasteiger partial charge in [-0.25, -0.2) is 0 Å². The summed E-state index contributed by atoms with van der Waals surface area (Å²) in [4.78, 5) is 11.7. The predicted octanol–water partition coefficient (Wildman–Crippen LogP) is 2.46. The van der Waals surface area contributed by atoms with Gasteiger partial charge in [0.15, 0.2) is 0 Å². The molecule has 106 valence electrons. The van der Waals surface area contributed by atoms with Gasteiger partial charge in [0.2, 0.25) is 0 Å². The van der Waals surface area contributed by atoms with Crippen LogP contribution in [0.5, 0.6) is 0 Å². The maximum atomic E-state index is 11.7. The van der Waals surface area contributed by atoms with Crippen molar-refractivity contribution in [2.45, 2.75) is 13.3 Å². The summed E-state index contributed by atoms with van der Waals surface area (Å²) in [6, 6.07) is 7.46. The van der Waals surface area contributed by atoms with Crippen molar-refractivity contribution in [1.29, 1.82) is 0 Å². The number of hydrogen-bond acceptors (Lipinski definition) is 3. The van der Waals surface area contributed by atoms with E-state index in [1.165, 1.54) is 0 Å². The maximum absolute atomic E-state index is 11.7. The van der Waals surface area contributed by atoms with Crippen molar-refractivity contribution in [3.8, 4) is 0 Å². The van der Waals surface area contributed by atoms with Gasteiger partial charge in [-0.2, -0.15) is 0 Å². The first-order valence-corrected chi connectivity index (χ1v) is 7.51. The summed E-state index contributed by atoms with van der Waals surface area (Å²) in [7, 11) is 0.